The Morgan fingerprint density at radius 1 is 1.23 bits per heavy atom. The predicted octanol–water partition coefficient (Wildman–Crippen LogP) is 1.41. The lowest BCUT2D eigenvalue weighted by atomic mass is 9.66. The minimum atomic E-state index is -0.127. The van der Waals surface area contributed by atoms with E-state index in [1.54, 1.807) is 0 Å². The van der Waals surface area contributed by atoms with E-state index >= 15 is 0 Å². The van der Waals surface area contributed by atoms with Crippen LogP contribution in [0.3, 0.4) is 0 Å². The molecule has 0 radical (unpaired) electrons. The van der Waals surface area contributed by atoms with Crippen molar-refractivity contribution in [3.63, 3.8) is 0 Å². The monoisotopic (exact) mass is 184 g/mol. The molecular formula is C11H20O2. The molecule has 76 valence electrons. The van der Waals surface area contributed by atoms with E-state index in [1.165, 1.54) is 19.3 Å². The minimum Gasteiger partial charge on any atom is -0.396 e. The molecule has 3 atom stereocenters. The highest BCUT2D eigenvalue weighted by Crippen LogP contribution is 2.60. The van der Waals surface area contributed by atoms with Gasteiger partial charge in [0.25, 0.3) is 0 Å². The molecule has 0 amide bonds. The Balaban J connectivity index is 2.24. The van der Waals surface area contributed by atoms with Crippen LogP contribution in [0.5, 0.6) is 0 Å². The molecular weight excluding hydrogens is 164 g/mol. The number of hydrogen-bond donors (Lipinski definition) is 2. The fourth-order valence-corrected chi connectivity index (χ4v) is 3.96. The summed E-state index contributed by atoms with van der Waals surface area (Å²) < 4.78 is 0. The van der Waals surface area contributed by atoms with Gasteiger partial charge in [0, 0.05) is 5.41 Å². The molecule has 0 spiro atoms. The maximum atomic E-state index is 9.48. The Morgan fingerprint density at radius 3 is 2.38 bits per heavy atom. The summed E-state index contributed by atoms with van der Waals surface area (Å²) in [7, 11) is 0. The van der Waals surface area contributed by atoms with Crippen LogP contribution in [0.15, 0.2) is 0 Å². The van der Waals surface area contributed by atoms with E-state index in [4.69, 9.17) is 0 Å². The molecule has 0 saturated heterocycles. The van der Waals surface area contributed by atoms with Gasteiger partial charge in [0.1, 0.15) is 0 Å². The summed E-state index contributed by atoms with van der Waals surface area (Å²) in [5, 5.41) is 19.0. The highest BCUT2D eigenvalue weighted by Gasteiger charge is 2.56. The van der Waals surface area contributed by atoms with Crippen molar-refractivity contribution in [2.45, 2.75) is 32.6 Å². The molecule has 2 saturated carbocycles. The van der Waals surface area contributed by atoms with E-state index in [2.05, 4.69) is 6.92 Å². The summed E-state index contributed by atoms with van der Waals surface area (Å²) in [5.41, 5.74) is -0.127. The normalized spacial score (nSPS) is 41.3. The second-order valence-corrected chi connectivity index (χ2v) is 4.83. The molecule has 2 bridgehead atoms. The summed E-state index contributed by atoms with van der Waals surface area (Å²) in [5.74, 6) is 1.95. The molecule has 13 heavy (non-hydrogen) atoms. The van der Waals surface area contributed by atoms with Crippen molar-refractivity contribution < 1.29 is 10.2 Å². The third-order valence-electron chi connectivity index (χ3n) is 4.62. The molecule has 2 rings (SSSR count). The molecule has 0 aromatic heterocycles. The first-order chi connectivity index (χ1) is 6.28. The summed E-state index contributed by atoms with van der Waals surface area (Å²) in [6.07, 6.45) is 4.91. The van der Waals surface area contributed by atoms with Gasteiger partial charge in [0.15, 0.2) is 0 Å². The maximum absolute atomic E-state index is 9.48. The van der Waals surface area contributed by atoms with Gasteiger partial charge in [0.05, 0.1) is 13.2 Å². The molecule has 2 heteroatoms. The van der Waals surface area contributed by atoms with E-state index in [1.807, 2.05) is 0 Å². The second-order valence-electron chi connectivity index (χ2n) is 4.83. The van der Waals surface area contributed by atoms with Crippen LogP contribution < -0.4 is 0 Å². The molecule has 2 nitrogen and oxygen atoms in total. The van der Waals surface area contributed by atoms with E-state index in [9.17, 15) is 10.2 Å². The second kappa shape index (κ2) is 3.25. The van der Waals surface area contributed by atoms with E-state index in [-0.39, 0.29) is 18.6 Å². The van der Waals surface area contributed by atoms with Gasteiger partial charge >= 0.3 is 0 Å². The van der Waals surface area contributed by atoms with Crippen molar-refractivity contribution in [1.29, 1.82) is 0 Å². The van der Waals surface area contributed by atoms with Crippen LogP contribution in [-0.2, 0) is 0 Å². The molecule has 0 aromatic rings. The SMILES string of the molecule is CCC1C2CCC(C2)C1(CO)CO. The zero-order valence-corrected chi connectivity index (χ0v) is 8.37. The Bertz CT molecular complexity index is 187. The molecule has 0 aromatic carbocycles. The number of aliphatic hydroxyl groups is 2. The van der Waals surface area contributed by atoms with Crippen LogP contribution in [0.1, 0.15) is 32.6 Å². The summed E-state index contributed by atoms with van der Waals surface area (Å²) in [4.78, 5) is 0. The molecule has 0 aliphatic heterocycles. The Labute approximate surface area is 80.0 Å². The Morgan fingerprint density at radius 2 is 1.92 bits per heavy atom. The Kier molecular flexibility index (Phi) is 2.37. The molecule has 0 heterocycles. The molecule has 3 unspecified atom stereocenters. The van der Waals surface area contributed by atoms with E-state index in [0.29, 0.717) is 11.8 Å². The zero-order valence-electron chi connectivity index (χ0n) is 8.37. The highest BCUT2D eigenvalue weighted by atomic mass is 16.3. The van der Waals surface area contributed by atoms with Gasteiger partial charge in [-0.05, 0) is 37.0 Å². The van der Waals surface area contributed by atoms with Gasteiger partial charge in [-0.3, -0.25) is 0 Å². The standard InChI is InChI=1S/C11H20O2/c1-2-10-8-3-4-9(5-8)11(10,6-12)7-13/h8-10,12-13H,2-7H2,1H3. The largest absolute Gasteiger partial charge is 0.396 e. The number of aliphatic hydroxyl groups excluding tert-OH is 2. The molecule has 2 fully saturated rings. The van der Waals surface area contributed by atoms with Gasteiger partial charge in [-0.1, -0.05) is 13.3 Å². The molecule has 2 aliphatic rings. The fourth-order valence-electron chi connectivity index (χ4n) is 3.96. The van der Waals surface area contributed by atoms with Gasteiger partial charge in [-0.15, -0.1) is 0 Å². The first-order valence-electron chi connectivity index (χ1n) is 5.50. The smallest absolute Gasteiger partial charge is 0.0514 e. The van der Waals surface area contributed by atoms with Crippen molar-refractivity contribution >= 4 is 0 Å². The third-order valence-corrected chi connectivity index (χ3v) is 4.62. The highest BCUT2D eigenvalue weighted by molar-refractivity contribution is 5.05. The van der Waals surface area contributed by atoms with E-state index < -0.39 is 0 Å². The van der Waals surface area contributed by atoms with Crippen LogP contribution >= 0.6 is 0 Å². The van der Waals surface area contributed by atoms with Crippen LogP contribution in [0.4, 0.5) is 0 Å². The quantitative estimate of drug-likeness (QED) is 0.696. The average Bonchev–Trinajstić information content (AvgIpc) is 2.74. The first-order valence-corrected chi connectivity index (χ1v) is 5.50. The summed E-state index contributed by atoms with van der Waals surface area (Å²) >= 11 is 0. The molecule has 2 aliphatic carbocycles. The fraction of sp³-hybridized carbons (Fsp3) is 1.00. The van der Waals surface area contributed by atoms with Gasteiger partial charge in [0.2, 0.25) is 0 Å². The lowest BCUT2D eigenvalue weighted by Crippen LogP contribution is -2.42. The summed E-state index contributed by atoms with van der Waals surface area (Å²) in [6.45, 7) is 2.55. The lowest BCUT2D eigenvalue weighted by molar-refractivity contribution is -0.0366. The van der Waals surface area contributed by atoms with Crippen LogP contribution in [0, 0.1) is 23.2 Å². The zero-order chi connectivity index (χ0) is 9.47. The summed E-state index contributed by atoms with van der Waals surface area (Å²) in [6, 6.07) is 0. The van der Waals surface area contributed by atoms with Gasteiger partial charge in [-0.2, -0.15) is 0 Å². The molecule has 2 N–H and O–H groups in total. The Hall–Kier alpha value is -0.0800. The lowest BCUT2D eigenvalue weighted by Gasteiger charge is -2.41. The minimum absolute atomic E-state index is 0.127. The first kappa shape index (κ1) is 9.47. The number of hydrogen-bond acceptors (Lipinski definition) is 2. The predicted molar refractivity (Wildman–Crippen MR) is 51.2 cm³/mol. The van der Waals surface area contributed by atoms with Gasteiger partial charge < -0.3 is 10.2 Å². The topological polar surface area (TPSA) is 40.5 Å². The maximum Gasteiger partial charge on any atom is 0.0514 e. The van der Waals surface area contributed by atoms with E-state index in [0.717, 1.165) is 12.3 Å². The van der Waals surface area contributed by atoms with Crippen molar-refractivity contribution in [3.05, 3.63) is 0 Å². The van der Waals surface area contributed by atoms with Crippen molar-refractivity contribution in [2.24, 2.45) is 23.2 Å². The average molecular weight is 184 g/mol. The van der Waals surface area contributed by atoms with Crippen molar-refractivity contribution in [2.75, 3.05) is 13.2 Å². The number of rotatable bonds is 3. The van der Waals surface area contributed by atoms with Crippen LogP contribution in [0.2, 0.25) is 0 Å². The van der Waals surface area contributed by atoms with Crippen LogP contribution in [-0.4, -0.2) is 23.4 Å². The van der Waals surface area contributed by atoms with Gasteiger partial charge in [-0.25, -0.2) is 0 Å². The van der Waals surface area contributed by atoms with Crippen molar-refractivity contribution in [3.8, 4) is 0 Å². The number of fused-ring (bicyclic) bond motifs is 2. The van der Waals surface area contributed by atoms with Crippen LogP contribution in [0.25, 0.3) is 0 Å². The van der Waals surface area contributed by atoms with Crippen molar-refractivity contribution in [1.82, 2.24) is 0 Å². The third kappa shape index (κ3) is 1.08.